The lowest BCUT2D eigenvalue weighted by Gasteiger charge is -2.18. The van der Waals surface area contributed by atoms with Crippen molar-refractivity contribution in [1.29, 1.82) is 0 Å². The van der Waals surface area contributed by atoms with Gasteiger partial charge in [-0.3, -0.25) is 0 Å². The van der Waals surface area contributed by atoms with E-state index in [1.165, 1.54) is 12.1 Å². The normalized spacial score (nSPS) is 14.5. The Kier molecular flexibility index (Phi) is 4.17. The predicted molar refractivity (Wildman–Crippen MR) is 73.2 cm³/mol. The fraction of sp³-hybridized carbons (Fsp3) is 0.333. The van der Waals surface area contributed by atoms with Crippen LogP contribution in [0.5, 0.6) is 0 Å². The van der Waals surface area contributed by atoms with E-state index in [0.29, 0.717) is 13.1 Å². The van der Waals surface area contributed by atoms with Gasteiger partial charge in [0.05, 0.1) is 15.7 Å². The molecule has 0 radical (unpaired) electrons. The van der Waals surface area contributed by atoms with Crippen LogP contribution in [0.3, 0.4) is 0 Å². The van der Waals surface area contributed by atoms with Crippen LogP contribution in [0.25, 0.3) is 0 Å². The summed E-state index contributed by atoms with van der Waals surface area (Å²) in [6, 6.07) is 2.48. The number of hydrogen-bond acceptors (Lipinski definition) is 2. The van der Waals surface area contributed by atoms with E-state index in [1.807, 2.05) is 0 Å². The average Bonchev–Trinajstić information content (AvgIpc) is 2.87. The fourth-order valence-corrected chi connectivity index (χ4v) is 2.43. The highest BCUT2D eigenvalue weighted by molar-refractivity contribution is 6.38. The molecule has 0 spiro atoms. The van der Waals surface area contributed by atoms with Crippen LogP contribution in [0.4, 0.5) is 10.5 Å². The maximum atomic E-state index is 12.0. The zero-order valence-corrected chi connectivity index (χ0v) is 11.5. The number of urea groups is 1. The molecule has 0 aromatic heterocycles. The number of hydrogen-bond donors (Lipinski definition) is 2. The van der Waals surface area contributed by atoms with Crippen LogP contribution in [0.2, 0.25) is 10.0 Å². The molecule has 5 nitrogen and oxygen atoms in total. The number of likely N-dealkylation sites (tertiary alicyclic amines) is 1. The molecule has 1 aliphatic rings. The van der Waals surface area contributed by atoms with Gasteiger partial charge in [0.15, 0.2) is 0 Å². The van der Waals surface area contributed by atoms with Gasteiger partial charge in [-0.15, -0.1) is 0 Å². The standard InChI is InChI=1S/C12H12Cl2N2O3/c13-7-3-4-8(14)10(9(7)11(17)18)15-12(19)16-5-1-2-6-16/h3-4H,1-2,5-6H2,(H,15,19)(H,17,18). The first kappa shape index (κ1) is 14.0. The van der Waals surface area contributed by atoms with E-state index in [0.717, 1.165) is 12.8 Å². The molecule has 0 unspecified atom stereocenters. The van der Waals surface area contributed by atoms with Crippen LogP contribution < -0.4 is 5.32 Å². The quantitative estimate of drug-likeness (QED) is 0.880. The second-order valence-corrected chi connectivity index (χ2v) is 5.02. The van der Waals surface area contributed by atoms with Gasteiger partial charge >= 0.3 is 12.0 Å². The van der Waals surface area contributed by atoms with Gasteiger partial charge in [-0.25, -0.2) is 9.59 Å². The summed E-state index contributed by atoms with van der Waals surface area (Å²) in [4.78, 5) is 24.8. The highest BCUT2D eigenvalue weighted by Gasteiger charge is 2.23. The Morgan fingerprint density at radius 1 is 1.16 bits per heavy atom. The smallest absolute Gasteiger partial charge is 0.339 e. The van der Waals surface area contributed by atoms with Gasteiger partial charge in [0.2, 0.25) is 0 Å². The Hall–Kier alpha value is -1.46. The van der Waals surface area contributed by atoms with Gasteiger partial charge in [-0.1, -0.05) is 23.2 Å². The third-order valence-corrected chi connectivity index (χ3v) is 3.57. The summed E-state index contributed by atoms with van der Waals surface area (Å²) in [5, 5.41) is 11.9. The zero-order valence-electron chi connectivity index (χ0n) is 9.95. The van der Waals surface area contributed by atoms with Crippen LogP contribution in [-0.4, -0.2) is 35.1 Å². The third-order valence-electron chi connectivity index (χ3n) is 2.94. The first-order valence-electron chi connectivity index (χ1n) is 5.78. The second kappa shape index (κ2) is 5.67. The van der Waals surface area contributed by atoms with Gasteiger partial charge in [0.25, 0.3) is 0 Å². The number of aromatic carboxylic acids is 1. The minimum absolute atomic E-state index is 0.0358. The van der Waals surface area contributed by atoms with Crippen molar-refractivity contribution in [2.45, 2.75) is 12.8 Å². The van der Waals surface area contributed by atoms with E-state index >= 15 is 0 Å². The van der Waals surface area contributed by atoms with Gasteiger partial charge < -0.3 is 15.3 Å². The molecular formula is C12H12Cl2N2O3. The van der Waals surface area contributed by atoms with Crippen molar-refractivity contribution in [3.8, 4) is 0 Å². The predicted octanol–water partition coefficient (Wildman–Crippen LogP) is 3.32. The Balaban J connectivity index is 2.30. The van der Waals surface area contributed by atoms with E-state index < -0.39 is 5.97 Å². The molecule has 1 heterocycles. The molecule has 1 fully saturated rings. The average molecular weight is 303 g/mol. The molecule has 1 aromatic carbocycles. The summed E-state index contributed by atoms with van der Waals surface area (Å²) in [6.45, 7) is 1.32. The second-order valence-electron chi connectivity index (χ2n) is 4.21. The lowest BCUT2D eigenvalue weighted by molar-refractivity contribution is 0.0698. The maximum absolute atomic E-state index is 12.0. The van der Waals surface area contributed by atoms with Crippen LogP contribution in [-0.2, 0) is 0 Å². The van der Waals surface area contributed by atoms with E-state index in [2.05, 4.69) is 5.32 Å². The number of nitrogens with zero attached hydrogens (tertiary/aromatic N) is 1. The number of benzene rings is 1. The lowest BCUT2D eigenvalue weighted by Crippen LogP contribution is -2.32. The lowest BCUT2D eigenvalue weighted by atomic mass is 10.1. The molecule has 2 N–H and O–H groups in total. The molecular weight excluding hydrogens is 291 g/mol. The monoisotopic (exact) mass is 302 g/mol. The molecule has 0 bridgehead atoms. The van der Waals surface area contributed by atoms with E-state index in [1.54, 1.807) is 4.90 Å². The van der Waals surface area contributed by atoms with Crippen molar-refractivity contribution in [3.05, 3.63) is 27.7 Å². The van der Waals surface area contributed by atoms with Crippen LogP contribution in [0.15, 0.2) is 12.1 Å². The number of anilines is 1. The minimum Gasteiger partial charge on any atom is -0.478 e. The number of halogens is 2. The third kappa shape index (κ3) is 2.93. The summed E-state index contributed by atoms with van der Waals surface area (Å²) in [6.07, 6.45) is 1.89. The molecule has 19 heavy (non-hydrogen) atoms. The molecule has 1 aromatic rings. The van der Waals surface area contributed by atoms with E-state index in [4.69, 9.17) is 28.3 Å². The maximum Gasteiger partial charge on any atom is 0.339 e. The Bertz CT molecular complexity index is 528. The zero-order chi connectivity index (χ0) is 14.0. The summed E-state index contributed by atoms with van der Waals surface area (Å²) in [5.41, 5.74) is -0.153. The Morgan fingerprint density at radius 3 is 2.32 bits per heavy atom. The van der Waals surface area contributed by atoms with Crippen molar-refractivity contribution in [3.63, 3.8) is 0 Å². The van der Waals surface area contributed by atoms with Gasteiger partial charge in [-0.2, -0.15) is 0 Å². The number of rotatable bonds is 2. The SMILES string of the molecule is O=C(O)c1c(Cl)ccc(Cl)c1NC(=O)N1CCCC1. The number of carboxylic acids is 1. The number of nitrogens with one attached hydrogen (secondary N) is 1. The van der Waals surface area contributed by atoms with Gasteiger partial charge in [0, 0.05) is 13.1 Å². The molecule has 2 rings (SSSR count). The summed E-state index contributed by atoms with van der Waals surface area (Å²) in [5.74, 6) is -1.23. The summed E-state index contributed by atoms with van der Waals surface area (Å²) in [7, 11) is 0. The highest BCUT2D eigenvalue weighted by atomic mass is 35.5. The first-order chi connectivity index (χ1) is 9.00. The van der Waals surface area contributed by atoms with Crippen molar-refractivity contribution >= 4 is 40.9 Å². The molecule has 7 heteroatoms. The number of carbonyl (C=O) groups excluding carboxylic acids is 1. The molecule has 2 amide bonds. The van der Waals surface area contributed by atoms with Crippen LogP contribution in [0, 0.1) is 0 Å². The topological polar surface area (TPSA) is 69.6 Å². The summed E-state index contributed by atoms with van der Waals surface area (Å²) >= 11 is 11.8. The number of carbonyl (C=O) groups is 2. The van der Waals surface area contributed by atoms with Crippen LogP contribution >= 0.6 is 23.2 Å². The van der Waals surface area contributed by atoms with E-state index in [9.17, 15) is 9.59 Å². The van der Waals surface area contributed by atoms with Gasteiger partial charge in [-0.05, 0) is 25.0 Å². The molecule has 1 saturated heterocycles. The van der Waals surface area contributed by atoms with Crippen molar-refractivity contribution < 1.29 is 14.7 Å². The molecule has 1 aliphatic heterocycles. The van der Waals surface area contributed by atoms with Crippen molar-refractivity contribution in [2.24, 2.45) is 0 Å². The van der Waals surface area contributed by atoms with E-state index in [-0.39, 0.29) is 27.3 Å². The summed E-state index contributed by atoms with van der Waals surface area (Å²) < 4.78 is 0. The molecule has 0 aliphatic carbocycles. The van der Waals surface area contributed by atoms with Gasteiger partial charge in [0.1, 0.15) is 5.56 Å². The molecule has 0 atom stereocenters. The fourth-order valence-electron chi connectivity index (χ4n) is 1.99. The Morgan fingerprint density at radius 2 is 1.74 bits per heavy atom. The number of amides is 2. The van der Waals surface area contributed by atoms with Crippen LogP contribution in [0.1, 0.15) is 23.2 Å². The highest BCUT2D eigenvalue weighted by Crippen LogP contribution is 2.32. The van der Waals surface area contributed by atoms with Crippen molar-refractivity contribution in [1.82, 2.24) is 4.90 Å². The number of carboxylic acid groups (broad SMARTS) is 1. The minimum atomic E-state index is -1.23. The Labute approximate surface area is 120 Å². The first-order valence-corrected chi connectivity index (χ1v) is 6.53. The van der Waals surface area contributed by atoms with Crippen molar-refractivity contribution in [2.75, 3.05) is 18.4 Å². The molecule has 102 valence electrons. The molecule has 0 saturated carbocycles. The largest absolute Gasteiger partial charge is 0.478 e.